The molecule has 0 heterocycles. The highest BCUT2D eigenvalue weighted by Gasteiger charge is 2.18. The molecule has 0 saturated heterocycles. The number of hydrogen-bond acceptors (Lipinski definition) is 2. The van der Waals surface area contributed by atoms with Gasteiger partial charge in [0, 0.05) is 0 Å². The number of carbonyl (C=O) groups is 2. The van der Waals surface area contributed by atoms with Gasteiger partial charge in [-0.2, -0.15) is 0 Å². The minimum atomic E-state index is -1.13. The molecule has 1 aromatic carbocycles. The molecule has 1 rings (SSSR count). The molecular weight excluding hydrogens is 194 g/mol. The molecule has 0 unspecified atom stereocenters. The highest BCUT2D eigenvalue weighted by Crippen LogP contribution is 2.19. The smallest absolute Gasteiger partial charge is 0.336 e. The van der Waals surface area contributed by atoms with Gasteiger partial charge < -0.3 is 10.8 Å². The highest BCUT2D eigenvalue weighted by atomic mass is 16.4. The fraction of sp³-hybridized carbons (Fsp3) is 0.273. The first-order chi connectivity index (χ1) is 6.99. The van der Waals surface area contributed by atoms with Crippen molar-refractivity contribution in [3.05, 3.63) is 34.4 Å². The zero-order chi connectivity index (χ0) is 11.6. The van der Waals surface area contributed by atoms with Crippen molar-refractivity contribution < 1.29 is 14.7 Å². The number of hydrogen-bond donors (Lipinski definition) is 2. The van der Waals surface area contributed by atoms with Gasteiger partial charge >= 0.3 is 5.97 Å². The molecule has 1 amide bonds. The van der Waals surface area contributed by atoms with E-state index in [2.05, 4.69) is 0 Å². The molecule has 0 spiro atoms. The summed E-state index contributed by atoms with van der Waals surface area (Å²) < 4.78 is 0. The van der Waals surface area contributed by atoms with E-state index in [-0.39, 0.29) is 11.1 Å². The van der Waals surface area contributed by atoms with Gasteiger partial charge in [0.1, 0.15) is 0 Å². The van der Waals surface area contributed by atoms with Crippen LogP contribution >= 0.6 is 0 Å². The SMILES string of the molecule is CCc1c(C)ccc(C(=O)O)c1C(N)=O. The van der Waals surface area contributed by atoms with E-state index in [1.165, 1.54) is 6.07 Å². The molecule has 0 saturated carbocycles. The second kappa shape index (κ2) is 4.13. The van der Waals surface area contributed by atoms with Gasteiger partial charge in [-0.05, 0) is 30.5 Å². The van der Waals surface area contributed by atoms with Gasteiger partial charge in [0.25, 0.3) is 0 Å². The van der Waals surface area contributed by atoms with Crippen LogP contribution < -0.4 is 5.73 Å². The van der Waals surface area contributed by atoms with Crippen LogP contribution in [0.2, 0.25) is 0 Å². The third-order valence-electron chi connectivity index (χ3n) is 2.38. The van der Waals surface area contributed by atoms with Gasteiger partial charge in [-0.15, -0.1) is 0 Å². The second-order valence-corrected chi connectivity index (χ2v) is 3.31. The summed E-state index contributed by atoms with van der Waals surface area (Å²) in [6.07, 6.45) is 0.589. The van der Waals surface area contributed by atoms with Gasteiger partial charge in [-0.1, -0.05) is 13.0 Å². The van der Waals surface area contributed by atoms with Crippen LogP contribution in [0.15, 0.2) is 12.1 Å². The topological polar surface area (TPSA) is 80.4 Å². The number of primary amides is 1. The Morgan fingerprint density at radius 1 is 1.40 bits per heavy atom. The molecule has 80 valence electrons. The predicted molar refractivity (Wildman–Crippen MR) is 56.0 cm³/mol. The zero-order valence-corrected chi connectivity index (χ0v) is 8.70. The Bertz CT molecular complexity index is 424. The molecular formula is C11H13NO3. The first-order valence-electron chi connectivity index (χ1n) is 4.64. The fourth-order valence-electron chi connectivity index (χ4n) is 1.67. The normalized spacial score (nSPS) is 10.0. The Labute approximate surface area is 87.7 Å². The summed E-state index contributed by atoms with van der Waals surface area (Å²) in [7, 11) is 0. The summed E-state index contributed by atoms with van der Waals surface area (Å²) in [6, 6.07) is 3.10. The van der Waals surface area contributed by atoms with Crippen molar-refractivity contribution in [1.29, 1.82) is 0 Å². The number of nitrogens with two attached hydrogens (primary N) is 1. The van der Waals surface area contributed by atoms with Crippen LogP contribution in [0.4, 0.5) is 0 Å². The third-order valence-corrected chi connectivity index (χ3v) is 2.38. The predicted octanol–water partition coefficient (Wildman–Crippen LogP) is 1.35. The Balaban J connectivity index is 3.56. The van der Waals surface area contributed by atoms with Gasteiger partial charge in [0.15, 0.2) is 0 Å². The first-order valence-corrected chi connectivity index (χ1v) is 4.64. The molecule has 0 aliphatic heterocycles. The minimum absolute atomic E-state index is 0.0232. The van der Waals surface area contributed by atoms with Crippen molar-refractivity contribution in [2.24, 2.45) is 5.73 Å². The summed E-state index contributed by atoms with van der Waals surface area (Å²) in [6.45, 7) is 3.69. The average Bonchev–Trinajstić information content (AvgIpc) is 2.16. The van der Waals surface area contributed by atoms with Crippen LogP contribution in [0.3, 0.4) is 0 Å². The lowest BCUT2D eigenvalue weighted by atomic mass is 9.94. The average molecular weight is 207 g/mol. The van der Waals surface area contributed by atoms with E-state index in [1.807, 2.05) is 13.8 Å². The van der Waals surface area contributed by atoms with E-state index in [9.17, 15) is 9.59 Å². The zero-order valence-electron chi connectivity index (χ0n) is 8.70. The van der Waals surface area contributed by atoms with Crippen molar-refractivity contribution in [3.63, 3.8) is 0 Å². The minimum Gasteiger partial charge on any atom is -0.478 e. The van der Waals surface area contributed by atoms with Crippen molar-refractivity contribution in [2.75, 3.05) is 0 Å². The maximum absolute atomic E-state index is 11.2. The van der Waals surface area contributed by atoms with E-state index in [1.54, 1.807) is 6.07 Å². The maximum atomic E-state index is 11.2. The van der Waals surface area contributed by atoms with E-state index >= 15 is 0 Å². The Morgan fingerprint density at radius 3 is 2.40 bits per heavy atom. The number of benzene rings is 1. The third kappa shape index (κ3) is 1.98. The molecule has 15 heavy (non-hydrogen) atoms. The van der Waals surface area contributed by atoms with Crippen LogP contribution in [0.5, 0.6) is 0 Å². The van der Waals surface area contributed by atoms with Crippen LogP contribution in [-0.4, -0.2) is 17.0 Å². The molecule has 0 aliphatic rings. The molecule has 0 aromatic heterocycles. The molecule has 0 aliphatic carbocycles. The number of carboxylic acids is 1. The van der Waals surface area contributed by atoms with E-state index in [0.29, 0.717) is 12.0 Å². The number of aryl methyl sites for hydroxylation is 1. The summed E-state index contributed by atoms with van der Waals surface area (Å²) in [5.41, 5.74) is 6.90. The number of aromatic carboxylic acids is 1. The highest BCUT2D eigenvalue weighted by molar-refractivity contribution is 6.05. The van der Waals surface area contributed by atoms with Crippen molar-refractivity contribution >= 4 is 11.9 Å². The lowest BCUT2D eigenvalue weighted by molar-refractivity contribution is 0.0692. The number of amides is 1. The molecule has 0 radical (unpaired) electrons. The molecule has 0 atom stereocenters. The Kier molecular flexibility index (Phi) is 3.09. The molecule has 4 nitrogen and oxygen atoms in total. The Hall–Kier alpha value is -1.84. The van der Waals surface area contributed by atoms with Crippen LogP contribution in [0.25, 0.3) is 0 Å². The lowest BCUT2D eigenvalue weighted by Gasteiger charge is -2.10. The van der Waals surface area contributed by atoms with Crippen molar-refractivity contribution in [2.45, 2.75) is 20.3 Å². The summed E-state index contributed by atoms with van der Waals surface area (Å²) in [5.74, 6) is -1.81. The largest absolute Gasteiger partial charge is 0.478 e. The van der Waals surface area contributed by atoms with Gasteiger partial charge in [-0.25, -0.2) is 4.79 Å². The first kappa shape index (κ1) is 11.2. The van der Waals surface area contributed by atoms with Crippen LogP contribution in [0, 0.1) is 6.92 Å². The van der Waals surface area contributed by atoms with Crippen LogP contribution in [-0.2, 0) is 6.42 Å². The number of carboxylic acid groups (broad SMARTS) is 1. The van der Waals surface area contributed by atoms with E-state index in [4.69, 9.17) is 10.8 Å². The second-order valence-electron chi connectivity index (χ2n) is 3.31. The fourth-order valence-corrected chi connectivity index (χ4v) is 1.67. The summed E-state index contributed by atoms with van der Waals surface area (Å²) >= 11 is 0. The van der Waals surface area contributed by atoms with Gasteiger partial charge in [0.05, 0.1) is 11.1 Å². The molecule has 1 aromatic rings. The van der Waals surface area contributed by atoms with E-state index < -0.39 is 11.9 Å². The lowest BCUT2D eigenvalue weighted by Crippen LogP contribution is -2.19. The summed E-state index contributed by atoms with van der Waals surface area (Å²) in [5, 5.41) is 8.92. The molecule has 0 bridgehead atoms. The maximum Gasteiger partial charge on any atom is 0.336 e. The van der Waals surface area contributed by atoms with Crippen LogP contribution in [0.1, 0.15) is 38.8 Å². The van der Waals surface area contributed by atoms with Gasteiger partial charge in [-0.3, -0.25) is 4.79 Å². The molecule has 3 N–H and O–H groups in total. The summed E-state index contributed by atoms with van der Waals surface area (Å²) in [4.78, 5) is 22.1. The number of carbonyl (C=O) groups excluding carboxylic acids is 1. The van der Waals surface area contributed by atoms with Crippen molar-refractivity contribution in [3.8, 4) is 0 Å². The van der Waals surface area contributed by atoms with E-state index in [0.717, 1.165) is 5.56 Å². The monoisotopic (exact) mass is 207 g/mol. The Morgan fingerprint density at radius 2 is 2.00 bits per heavy atom. The molecule has 4 heteroatoms. The number of rotatable bonds is 3. The van der Waals surface area contributed by atoms with Gasteiger partial charge in [0.2, 0.25) is 5.91 Å². The quantitative estimate of drug-likeness (QED) is 0.785. The molecule has 0 fully saturated rings. The standard InChI is InChI=1S/C11H13NO3/c1-3-7-6(2)4-5-8(11(14)15)9(7)10(12)13/h4-5H,3H2,1-2H3,(H2,12,13)(H,14,15). The van der Waals surface area contributed by atoms with Crippen molar-refractivity contribution in [1.82, 2.24) is 0 Å².